The van der Waals surface area contributed by atoms with Crippen molar-refractivity contribution in [2.75, 3.05) is 11.9 Å². The fourth-order valence-electron chi connectivity index (χ4n) is 4.02. The number of nitrogens with zero attached hydrogens (tertiary/aromatic N) is 3. The highest BCUT2D eigenvalue weighted by molar-refractivity contribution is 5.53. The highest BCUT2D eigenvalue weighted by Gasteiger charge is 2.35. The van der Waals surface area contributed by atoms with Gasteiger partial charge in [0, 0.05) is 13.1 Å². The Morgan fingerprint density at radius 2 is 1.78 bits per heavy atom. The van der Waals surface area contributed by atoms with E-state index in [1.54, 1.807) is 10.6 Å². The van der Waals surface area contributed by atoms with Gasteiger partial charge in [0.2, 0.25) is 0 Å². The second-order valence-electron chi connectivity index (χ2n) is 9.12. The van der Waals surface area contributed by atoms with Crippen LogP contribution in [0.15, 0.2) is 41.3 Å². The van der Waals surface area contributed by atoms with Crippen molar-refractivity contribution in [1.82, 2.24) is 9.55 Å². The monoisotopic (exact) mass is 509 g/mol. The molecular weight excluding hydrogens is 485 g/mol. The van der Waals surface area contributed by atoms with Gasteiger partial charge in [0.1, 0.15) is 29.6 Å². The van der Waals surface area contributed by atoms with Gasteiger partial charge in [-0.05, 0) is 50.1 Å². The van der Waals surface area contributed by atoms with Crippen LogP contribution in [0.2, 0.25) is 0 Å². The normalized spacial score (nSPS) is 14.6. The Hall–Kier alpha value is -3.63. The van der Waals surface area contributed by atoms with E-state index in [1.807, 2.05) is 32.7 Å². The molecule has 0 aliphatic carbocycles. The average molecular weight is 509 g/mol. The van der Waals surface area contributed by atoms with Gasteiger partial charge in [0.25, 0.3) is 5.56 Å². The van der Waals surface area contributed by atoms with Crippen molar-refractivity contribution in [3.05, 3.63) is 75.3 Å². The van der Waals surface area contributed by atoms with Gasteiger partial charge in [-0.1, -0.05) is 6.92 Å². The van der Waals surface area contributed by atoms with E-state index in [1.165, 1.54) is 0 Å². The van der Waals surface area contributed by atoms with Gasteiger partial charge >= 0.3 is 6.18 Å². The molecule has 4 rings (SSSR count). The Labute approximate surface area is 203 Å². The van der Waals surface area contributed by atoms with Crippen LogP contribution in [-0.4, -0.2) is 22.1 Å². The van der Waals surface area contributed by atoms with Crippen LogP contribution in [0.25, 0.3) is 0 Å². The van der Waals surface area contributed by atoms with Crippen LogP contribution in [0.5, 0.6) is 17.2 Å². The molecule has 192 valence electrons. The fraction of sp³-hybridized carbons (Fsp3) is 0.360. The molecule has 1 aliphatic rings. The molecule has 0 spiro atoms. The molecule has 0 atom stereocenters. The summed E-state index contributed by atoms with van der Waals surface area (Å²) in [6.45, 7) is 6.15. The lowest BCUT2D eigenvalue weighted by Gasteiger charge is -2.28. The molecule has 0 saturated carbocycles. The van der Waals surface area contributed by atoms with Gasteiger partial charge < -0.3 is 14.4 Å². The molecule has 36 heavy (non-hydrogen) atoms. The Morgan fingerprint density at radius 1 is 1.11 bits per heavy atom. The first kappa shape index (κ1) is 25.5. The number of alkyl halides is 3. The third kappa shape index (κ3) is 4.74. The average Bonchev–Trinajstić information content (AvgIpc) is 3.03. The number of hydrogen-bond donors (Lipinski definition) is 0. The molecule has 0 unspecified atom stereocenters. The van der Waals surface area contributed by atoms with E-state index in [0.29, 0.717) is 36.2 Å². The fourth-order valence-corrected chi connectivity index (χ4v) is 4.02. The van der Waals surface area contributed by atoms with Crippen molar-refractivity contribution in [3.63, 3.8) is 0 Å². The highest BCUT2D eigenvalue weighted by atomic mass is 19.4. The molecule has 1 aliphatic heterocycles. The summed E-state index contributed by atoms with van der Waals surface area (Å²) in [5.74, 6) is -2.17. The van der Waals surface area contributed by atoms with Crippen LogP contribution in [0.4, 0.5) is 27.8 Å². The lowest BCUT2D eigenvalue weighted by molar-refractivity contribution is -0.141. The van der Waals surface area contributed by atoms with Gasteiger partial charge in [0.05, 0.1) is 23.8 Å². The Kier molecular flexibility index (Phi) is 6.44. The van der Waals surface area contributed by atoms with Crippen molar-refractivity contribution in [2.45, 2.75) is 52.1 Å². The highest BCUT2D eigenvalue weighted by Crippen LogP contribution is 2.35. The minimum Gasteiger partial charge on any atom is -0.488 e. The van der Waals surface area contributed by atoms with Crippen LogP contribution >= 0.6 is 0 Å². The zero-order valence-corrected chi connectivity index (χ0v) is 20.0. The Bertz CT molecular complexity index is 1330. The summed E-state index contributed by atoms with van der Waals surface area (Å²) in [7, 11) is 1.88. The molecule has 1 aromatic carbocycles. The second kappa shape index (κ2) is 9.11. The van der Waals surface area contributed by atoms with E-state index in [2.05, 4.69) is 4.98 Å². The lowest BCUT2D eigenvalue weighted by atomic mass is 10.1. The smallest absolute Gasteiger partial charge is 0.433 e. The molecule has 11 heteroatoms. The van der Waals surface area contributed by atoms with Crippen molar-refractivity contribution in [2.24, 2.45) is 0 Å². The molecule has 0 fully saturated rings. The topological polar surface area (TPSA) is 56.6 Å². The molecule has 0 radical (unpaired) electrons. The van der Waals surface area contributed by atoms with Crippen molar-refractivity contribution in [3.8, 4) is 17.2 Å². The largest absolute Gasteiger partial charge is 0.488 e. The van der Waals surface area contributed by atoms with Gasteiger partial charge in [0.15, 0.2) is 17.4 Å². The predicted molar refractivity (Wildman–Crippen MR) is 123 cm³/mol. The molecule has 0 N–H and O–H groups in total. The second-order valence-corrected chi connectivity index (χ2v) is 9.12. The molecule has 2 aromatic heterocycles. The molecule has 6 nitrogen and oxygen atoms in total. The van der Waals surface area contributed by atoms with Crippen molar-refractivity contribution < 1.29 is 31.4 Å². The first-order valence-corrected chi connectivity index (χ1v) is 11.1. The zero-order valence-electron chi connectivity index (χ0n) is 20.0. The van der Waals surface area contributed by atoms with Gasteiger partial charge in [-0.25, -0.2) is 13.8 Å². The first-order chi connectivity index (χ1) is 16.8. The summed E-state index contributed by atoms with van der Waals surface area (Å²) < 4.78 is 79.8. The van der Waals surface area contributed by atoms with E-state index in [-0.39, 0.29) is 29.0 Å². The van der Waals surface area contributed by atoms with Crippen LogP contribution in [0.1, 0.15) is 37.6 Å². The van der Waals surface area contributed by atoms with Crippen LogP contribution < -0.4 is 19.9 Å². The minimum atomic E-state index is -4.65. The van der Waals surface area contributed by atoms with Crippen LogP contribution in [-0.2, 0) is 25.7 Å². The number of pyridine rings is 2. The number of aromatic nitrogens is 2. The number of fused-ring (bicyclic) bond motifs is 1. The van der Waals surface area contributed by atoms with Crippen molar-refractivity contribution in [1.29, 1.82) is 0 Å². The van der Waals surface area contributed by atoms with E-state index in [0.717, 1.165) is 24.4 Å². The SMILES string of the molecule is CCc1c(OCc2cc(F)c(Oc3ccc(C(F)(F)F)nc3)c(F)c2)cc2n(c1=O)CC(C)(C)N2C. The standard InChI is InChI=1S/C25H24F5N3O3/c1-5-16-19(10-21-32(4)24(2,3)13-33(21)23(16)34)35-12-14-8-17(26)22(18(27)9-14)36-15-6-7-20(31-11-15)25(28,29)30/h6-11H,5,12-13H2,1-4H3. The van der Waals surface area contributed by atoms with Crippen molar-refractivity contribution >= 4 is 5.82 Å². The third-order valence-electron chi connectivity index (χ3n) is 6.19. The quantitative estimate of drug-likeness (QED) is 0.399. The van der Waals surface area contributed by atoms with Gasteiger partial charge in [-0.15, -0.1) is 0 Å². The summed E-state index contributed by atoms with van der Waals surface area (Å²) >= 11 is 0. The molecule has 0 bridgehead atoms. The van der Waals surface area contributed by atoms with Crippen LogP contribution in [0, 0.1) is 11.6 Å². The third-order valence-corrected chi connectivity index (χ3v) is 6.19. The molecule has 0 saturated heterocycles. The number of rotatable bonds is 6. The summed E-state index contributed by atoms with van der Waals surface area (Å²) in [6, 6.07) is 5.31. The van der Waals surface area contributed by atoms with Crippen LogP contribution in [0.3, 0.4) is 0 Å². The summed E-state index contributed by atoms with van der Waals surface area (Å²) in [6.07, 6.45) is -3.50. The number of anilines is 1. The van der Waals surface area contributed by atoms with E-state index >= 15 is 0 Å². The van der Waals surface area contributed by atoms with Gasteiger partial charge in [-0.3, -0.25) is 9.36 Å². The molecule has 3 aromatic rings. The predicted octanol–water partition coefficient (Wildman–Crippen LogP) is 5.70. The number of benzene rings is 1. The van der Waals surface area contributed by atoms with E-state index in [9.17, 15) is 26.7 Å². The number of hydrogen-bond acceptors (Lipinski definition) is 5. The molecular formula is C25H24F5N3O3. The maximum Gasteiger partial charge on any atom is 0.433 e. The molecule has 3 heterocycles. The zero-order chi connectivity index (χ0) is 26.4. The molecule has 0 amide bonds. The maximum atomic E-state index is 14.6. The van der Waals surface area contributed by atoms with E-state index < -0.39 is 29.3 Å². The summed E-state index contributed by atoms with van der Waals surface area (Å²) in [5, 5.41) is 0. The minimum absolute atomic E-state index is 0.138. The Balaban J connectivity index is 1.54. The Morgan fingerprint density at radius 3 is 2.33 bits per heavy atom. The summed E-state index contributed by atoms with van der Waals surface area (Å²) in [5.41, 5.74) is -0.996. The summed E-state index contributed by atoms with van der Waals surface area (Å²) in [4.78, 5) is 18.2. The number of likely N-dealkylation sites (N-methyl/N-ethyl adjacent to an activating group) is 1. The van der Waals surface area contributed by atoms with Gasteiger partial charge in [-0.2, -0.15) is 13.2 Å². The lowest BCUT2D eigenvalue weighted by Crippen LogP contribution is -2.38. The first-order valence-electron chi connectivity index (χ1n) is 11.1. The number of halogens is 5. The maximum absolute atomic E-state index is 14.6. The van der Waals surface area contributed by atoms with E-state index in [4.69, 9.17) is 9.47 Å². The number of ether oxygens (including phenoxy) is 2.